The minimum Gasteiger partial charge on any atom is -0.493 e. The number of carbonyl (C=O) groups is 2. The largest absolute Gasteiger partial charge is 0.493 e. The maximum Gasteiger partial charge on any atom is 0.333 e. The van der Waals surface area contributed by atoms with Crippen LogP contribution < -0.4 is 15.7 Å². The second-order valence-corrected chi connectivity index (χ2v) is 13.3. The highest BCUT2D eigenvalue weighted by molar-refractivity contribution is 9.10. The molecular weight excluding hydrogens is 672 g/mol. The first-order valence-electron chi connectivity index (χ1n) is 15.9. The van der Waals surface area contributed by atoms with Crippen LogP contribution in [0.1, 0.15) is 58.4 Å². The number of imidazole rings is 1. The Labute approximate surface area is 287 Å². The van der Waals surface area contributed by atoms with Crippen LogP contribution in [0.25, 0.3) is 16.9 Å². The lowest BCUT2D eigenvalue weighted by Crippen LogP contribution is -2.47. The van der Waals surface area contributed by atoms with E-state index in [-0.39, 0.29) is 43.0 Å². The molecule has 1 atom stereocenters. The van der Waals surface area contributed by atoms with Crippen molar-refractivity contribution >= 4 is 27.7 Å². The van der Waals surface area contributed by atoms with Crippen LogP contribution in [-0.2, 0) is 19.6 Å². The normalized spacial score (nSPS) is 14.1. The van der Waals surface area contributed by atoms with Crippen molar-refractivity contribution in [3.63, 3.8) is 0 Å². The van der Waals surface area contributed by atoms with Crippen molar-refractivity contribution in [1.29, 1.82) is 0 Å². The van der Waals surface area contributed by atoms with Gasteiger partial charge in [-0.3, -0.25) is 18.7 Å². The Balaban J connectivity index is 1.38. The van der Waals surface area contributed by atoms with E-state index >= 15 is 0 Å². The Morgan fingerprint density at radius 1 is 1.06 bits per heavy atom. The molecule has 5 aromatic rings. The van der Waals surface area contributed by atoms with Crippen molar-refractivity contribution < 1.29 is 14.3 Å². The van der Waals surface area contributed by atoms with E-state index in [1.165, 1.54) is 10.9 Å². The van der Waals surface area contributed by atoms with Crippen LogP contribution in [0.15, 0.2) is 94.6 Å². The minimum atomic E-state index is -0.431. The zero-order valence-corrected chi connectivity index (χ0v) is 28.9. The Kier molecular flexibility index (Phi) is 9.58. The first-order valence-corrected chi connectivity index (χ1v) is 16.7. The van der Waals surface area contributed by atoms with Crippen LogP contribution in [-0.4, -0.2) is 48.5 Å². The predicted molar refractivity (Wildman–Crippen MR) is 187 cm³/mol. The van der Waals surface area contributed by atoms with Gasteiger partial charge in [-0.25, -0.2) is 14.8 Å². The summed E-state index contributed by atoms with van der Waals surface area (Å²) < 4.78 is 9.84. The third kappa shape index (κ3) is 6.68. The second-order valence-electron chi connectivity index (χ2n) is 12.4. The van der Waals surface area contributed by atoms with Gasteiger partial charge < -0.3 is 15.0 Å². The lowest BCUT2D eigenvalue weighted by Gasteiger charge is -2.34. The first-order chi connectivity index (χ1) is 23.1. The van der Waals surface area contributed by atoms with Crippen LogP contribution in [0.2, 0.25) is 0 Å². The molecule has 3 heterocycles. The molecule has 0 radical (unpaired) electrons. The number of aryl methyl sites for hydroxylation is 1. The molecule has 0 fully saturated rings. The fourth-order valence-electron chi connectivity index (χ4n) is 5.89. The number of hydrogen-bond donors (Lipinski definition) is 1. The van der Waals surface area contributed by atoms with Crippen molar-refractivity contribution in [2.45, 2.75) is 53.4 Å². The maximum atomic E-state index is 14.3. The number of nitrogens with one attached hydrogen (secondary N) is 1. The average Bonchev–Trinajstić information content (AvgIpc) is 3.38. The quantitative estimate of drug-likeness (QED) is 0.196. The summed E-state index contributed by atoms with van der Waals surface area (Å²) in [6, 6.07) is 21.9. The number of amides is 2. The molecule has 1 aliphatic heterocycles. The topological polar surface area (TPSA) is 111 Å². The highest BCUT2D eigenvalue weighted by Crippen LogP contribution is 2.27. The first kappa shape index (κ1) is 32.9. The number of fused-ring (bicyclic) bond motifs is 1. The summed E-state index contributed by atoms with van der Waals surface area (Å²) in [4.78, 5) is 52.4. The molecule has 2 aromatic heterocycles. The molecule has 10 nitrogen and oxygen atoms in total. The Bertz CT molecular complexity index is 2020. The van der Waals surface area contributed by atoms with E-state index in [4.69, 9.17) is 4.74 Å². The van der Waals surface area contributed by atoms with Crippen molar-refractivity contribution in [3.8, 4) is 22.7 Å². The second kappa shape index (κ2) is 14.0. The number of hydrogen-bond acceptors (Lipinski definition) is 6. The highest BCUT2D eigenvalue weighted by Gasteiger charge is 2.35. The number of rotatable bonds is 9. The summed E-state index contributed by atoms with van der Waals surface area (Å²) in [5, 5.41) is 3.06. The van der Waals surface area contributed by atoms with Gasteiger partial charge in [0.25, 0.3) is 11.8 Å². The van der Waals surface area contributed by atoms with Crippen molar-refractivity contribution in [3.05, 3.63) is 128 Å². The molecule has 48 heavy (non-hydrogen) atoms. The van der Waals surface area contributed by atoms with Crippen LogP contribution in [0.4, 0.5) is 0 Å². The van der Waals surface area contributed by atoms with Gasteiger partial charge in [0.05, 0.1) is 30.2 Å². The van der Waals surface area contributed by atoms with Gasteiger partial charge in [-0.15, -0.1) is 0 Å². The van der Waals surface area contributed by atoms with Crippen molar-refractivity contribution in [2.75, 3.05) is 6.61 Å². The number of carbonyl (C=O) groups excluding carboxylic acids is 2. The predicted octanol–water partition coefficient (Wildman–Crippen LogP) is 6.18. The summed E-state index contributed by atoms with van der Waals surface area (Å²) in [5.74, 6) is 0.433. The minimum absolute atomic E-state index is 0.0905. The Hall–Kier alpha value is -5.03. The zero-order chi connectivity index (χ0) is 33.9. The van der Waals surface area contributed by atoms with E-state index in [0.717, 1.165) is 26.9 Å². The maximum absolute atomic E-state index is 14.3. The Morgan fingerprint density at radius 2 is 1.83 bits per heavy atom. The summed E-state index contributed by atoms with van der Waals surface area (Å²) in [7, 11) is 0. The molecule has 1 N–H and O–H groups in total. The van der Waals surface area contributed by atoms with E-state index in [9.17, 15) is 14.4 Å². The average molecular weight is 710 g/mol. The molecule has 0 bridgehead atoms. The van der Waals surface area contributed by atoms with E-state index in [1.807, 2.05) is 56.3 Å². The SMILES string of the molecule is Cc1cc(C(=O)N2Cc3c(C(=O)NCc4ccccc4-c4ccncn4)n(-c4ccc(OCC(C)C)cc4)c(=O)n3C[C@@H]2C)ccc1Br. The molecule has 0 unspecified atom stereocenters. The summed E-state index contributed by atoms with van der Waals surface area (Å²) in [6.07, 6.45) is 3.16. The van der Waals surface area contributed by atoms with Crippen LogP contribution in [0, 0.1) is 12.8 Å². The highest BCUT2D eigenvalue weighted by atomic mass is 79.9. The Morgan fingerprint density at radius 3 is 2.54 bits per heavy atom. The van der Waals surface area contributed by atoms with Gasteiger partial charge in [-0.05, 0) is 79.4 Å². The molecule has 0 spiro atoms. The van der Waals surface area contributed by atoms with Crippen LogP contribution in [0.5, 0.6) is 5.75 Å². The van der Waals surface area contributed by atoms with Crippen LogP contribution >= 0.6 is 15.9 Å². The molecule has 0 saturated carbocycles. The monoisotopic (exact) mass is 708 g/mol. The number of ether oxygens (including phenoxy) is 1. The molecular formula is C37H37BrN6O4. The summed E-state index contributed by atoms with van der Waals surface area (Å²) in [5.41, 5.74) is 4.79. The van der Waals surface area contributed by atoms with Gasteiger partial charge in [0, 0.05) is 40.9 Å². The van der Waals surface area contributed by atoms with Gasteiger partial charge in [0.1, 0.15) is 17.8 Å². The zero-order valence-electron chi connectivity index (χ0n) is 27.3. The van der Waals surface area contributed by atoms with E-state index in [0.29, 0.717) is 35.2 Å². The standard InChI is InChI=1S/C37H37BrN6O4/c1-23(2)21-48-29-12-10-28(11-13-29)44-34(35(45)40-18-27-7-5-6-8-30(27)32-15-16-39-22-41-32)33-20-42(25(4)19-43(33)37(44)47)36(46)26-9-14-31(38)24(3)17-26/h5-17,22-23,25H,18-21H2,1-4H3,(H,40,45)/t25-/m0/s1. The van der Waals surface area contributed by atoms with Crippen molar-refractivity contribution in [1.82, 2.24) is 29.3 Å². The molecule has 6 rings (SSSR count). The van der Waals surface area contributed by atoms with Crippen molar-refractivity contribution in [2.24, 2.45) is 5.92 Å². The lowest BCUT2D eigenvalue weighted by molar-refractivity contribution is 0.0610. The van der Waals surface area contributed by atoms with Gasteiger partial charge in [-0.2, -0.15) is 0 Å². The lowest BCUT2D eigenvalue weighted by atomic mass is 10.0. The summed E-state index contributed by atoms with van der Waals surface area (Å²) >= 11 is 3.51. The molecule has 0 saturated heterocycles. The fraction of sp³-hybridized carbons (Fsp3) is 0.270. The van der Waals surface area contributed by atoms with E-state index in [2.05, 4.69) is 45.1 Å². The molecule has 11 heteroatoms. The fourth-order valence-corrected chi connectivity index (χ4v) is 6.14. The molecule has 1 aliphatic rings. The molecule has 2 amide bonds. The smallest absolute Gasteiger partial charge is 0.333 e. The molecule has 3 aromatic carbocycles. The van der Waals surface area contributed by atoms with Gasteiger partial charge in [0.2, 0.25) is 0 Å². The third-order valence-corrected chi connectivity index (χ3v) is 9.31. The van der Waals surface area contributed by atoms with E-state index < -0.39 is 5.91 Å². The van der Waals surface area contributed by atoms with Gasteiger partial charge in [0.15, 0.2) is 0 Å². The van der Waals surface area contributed by atoms with Gasteiger partial charge >= 0.3 is 5.69 Å². The summed E-state index contributed by atoms with van der Waals surface area (Å²) in [6.45, 7) is 9.08. The van der Waals surface area contributed by atoms with Gasteiger partial charge in [-0.1, -0.05) is 54.0 Å². The third-order valence-electron chi connectivity index (χ3n) is 8.42. The van der Waals surface area contributed by atoms with Crippen LogP contribution in [0.3, 0.4) is 0 Å². The number of halogens is 1. The number of benzene rings is 3. The molecule has 246 valence electrons. The number of nitrogens with zero attached hydrogens (tertiary/aromatic N) is 5. The number of aromatic nitrogens is 4. The van der Waals surface area contributed by atoms with E-state index in [1.54, 1.807) is 46.0 Å². The molecule has 0 aliphatic carbocycles.